The number of nitro groups is 1. The minimum atomic E-state index is -0.468. The summed E-state index contributed by atoms with van der Waals surface area (Å²) >= 11 is 0. The predicted molar refractivity (Wildman–Crippen MR) is 82.0 cm³/mol. The smallest absolute Gasteiger partial charge is 0.270 e. The van der Waals surface area contributed by atoms with Crippen molar-refractivity contribution in [3.8, 4) is 0 Å². The number of carbonyl (C=O) groups is 1. The summed E-state index contributed by atoms with van der Waals surface area (Å²) in [6, 6.07) is 6.04. The van der Waals surface area contributed by atoms with Crippen molar-refractivity contribution in [2.24, 2.45) is 0 Å². The van der Waals surface area contributed by atoms with Crippen molar-refractivity contribution in [2.75, 3.05) is 0 Å². The van der Waals surface area contributed by atoms with Gasteiger partial charge in [-0.25, -0.2) is 4.98 Å². The summed E-state index contributed by atoms with van der Waals surface area (Å²) in [6.07, 6.45) is 8.09. The standard InChI is InChI=1S/C15H16N4O3/c1-12(10-18-8-7-16-11-18)17-15(20)6-5-13-3-2-4-14(9-13)19(21)22/h2-9,11-12H,10H2,1H3,(H,17,20)/b6-5-/t12-/m0/s1. The van der Waals surface area contributed by atoms with Crippen LogP contribution in [0.15, 0.2) is 49.1 Å². The Balaban J connectivity index is 1.90. The SMILES string of the molecule is C[C@@H](Cn1ccnc1)NC(=O)/C=C\c1cccc([N+](=O)[O-])c1. The van der Waals surface area contributed by atoms with Crippen molar-refractivity contribution in [1.29, 1.82) is 0 Å². The molecule has 1 N–H and O–H groups in total. The summed E-state index contributed by atoms with van der Waals surface area (Å²) in [5, 5.41) is 13.5. The Kier molecular flexibility index (Phi) is 5.02. The molecular formula is C15H16N4O3. The molecule has 1 aromatic heterocycles. The third-order valence-electron chi connectivity index (χ3n) is 2.94. The molecule has 0 bridgehead atoms. The number of non-ortho nitro benzene ring substituents is 1. The van der Waals surface area contributed by atoms with Crippen LogP contribution in [0.3, 0.4) is 0 Å². The van der Waals surface area contributed by atoms with Gasteiger partial charge in [0.25, 0.3) is 5.69 Å². The lowest BCUT2D eigenvalue weighted by Crippen LogP contribution is -2.34. The largest absolute Gasteiger partial charge is 0.348 e. The maximum atomic E-state index is 11.8. The zero-order valence-corrected chi connectivity index (χ0v) is 12.0. The number of benzene rings is 1. The van der Waals surface area contributed by atoms with Crippen molar-refractivity contribution in [2.45, 2.75) is 19.5 Å². The van der Waals surface area contributed by atoms with Gasteiger partial charge in [-0.05, 0) is 18.6 Å². The highest BCUT2D eigenvalue weighted by Gasteiger charge is 2.06. The number of nitrogens with one attached hydrogen (secondary N) is 1. The van der Waals surface area contributed by atoms with Gasteiger partial charge in [-0.15, -0.1) is 0 Å². The molecular weight excluding hydrogens is 284 g/mol. The van der Waals surface area contributed by atoms with Crippen molar-refractivity contribution >= 4 is 17.7 Å². The number of hydrogen-bond acceptors (Lipinski definition) is 4. The molecule has 0 aliphatic heterocycles. The summed E-state index contributed by atoms with van der Waals surface area (Å²) in [5.41, 5.74) is 0.600. The van der Waals surface area contributed by atoms with Crippen molar-refractivity contribution < 1.29 is 9.72 Å². The Labute approximate surface area is 127 Å². The van der Waals surface area contributed by atoms with Gasteiger partial charge in [0.1, 0.15) is 0 Å². The molecule has 114 valence electrons. The van der Waals surface area contributed by atoms with Crippen LogP contribution in [-0.2, 0) is 11.3 Å². The van der Waals surface area contributed by atoms with Crippen LogP contribution >= 0.6 is 0 Å². The first kappa shape index (κ1) is 15.4. The van der Waals surface area contributed by atoms with E-state index in [2.05, 4.69) is 10.3 Å². The van der Waals surface area contributed by atoms with Gasteiger partial charge in [-0.3, -0.25) is 14.9 Å². The molecule has 0 radical (unpaired) electrons. The molecule has 0 saturated heterocycles. The third-order valence-corrected chi connectivity index (χ3v) is 2.94. The van der Waals surface area contributed by atoms with Crippen LogP contribution in [0.4, 0.5) is 5.69 Å². The molecule has 0 unspecified atom stereocenters. The lowest BCUT2D eigenvalue weighted by molar-refractivity contribution is -0.384. The van der Waals surface area contributed by atoms with E-state index in [1.54, 1.807) is 30.7 Å². The average Bonchev–Trinajstić information content (AvgIpc) is 2.98. The molecule has 1 atom stereocenters. The van der Waals surface area contributed by atoms with Gasteiger partial charge >= 0.3 is 0 Å². The number of nitrogens with zero attached hydrogens (tertiary/aromatic N) is 3. The molecule has 0 aliphatic carbocycles. The van der Waals surface area contributed by atoms with E-state index in [-0.39, 0.29) is 17.6 Å². The first-order valence-electron chi connectivity index (χ1n) is 6.73. The molecule has 0 aliphatic rings. The third kappa shape index (κ3) is 4.55. The van der Waals surface area contributed by atoms with Crippen molar-refractivity contribution in [1.82, 2.24) is 14.9 Å². The van der Waals surface area contributed by atoms with E-state index >= 15 is 0 Å². The van der Waals surface area contributed by atoms with E-state index in [1.807, 2.05) is 17.7 Å². The Hall–Kier alpha value is -2.96. The average molecular weight is 300 g/mol. The molecule has 2 aromatic rings. The normalized spacial score (nSPS) is 12.2. The second kappa shape index (κ2) is 7.16. The van der Waals surface area contributed by atoms with Gasteiger partial charge in [0.2, 0.25) is 5.91 Å². The monoisotopic (exact) mass is 300 g/mol. The van der Waals surface area contributed by atoms with Gasteiger partial charge in [0, 0.05) is 43.2 Å². The van der Waals surface area contributed by atoms with Crippen LogP contribution in [0.5, 0.6) is 0 Å². The summed E-state index contributed by atoms with van der Waals surface area (Å²) in [6.45, 7) is 2.51. The van der Waals surface area contributed by atoms with E-state index < -0.39 is 4.92 Å². The molecule has 22 heavy (non-hydrogen) atoms. The highest BCUT2D eigenvalue weighted by molar-refractivity contribution is 5.91. The Morgan fingerprint density at radius 1 is 1.55 bits per heavy atom. The van der Waals surface area contributed by atoms with Crippen LogP contribution in [0.2, 0.25) is 0 Å². The molecule has 0 fully saturated rings. The fourth-order valence-corrected chi connectivity index (χ4v) is 1.96. The van der Waals surface area contributed by atoms with Gasteiger partial charge in [-0.2, -0.15) is 0 Å². The van der Waals surface area contributed by atoms with Gasteiger partial charge in [-0.1, -0.05) is 12.1 Å². The maximum absolute atomic E-state index is 11.8. The number of hydrogen-bond donors (Lipinski definition) is 1. The quantitative estimate of drug-likeness (QED) is 0.502. The molecule has 7 nitrogen and oxygen atoms in total. The number of carbonyl (C=O) groups excluding carboxylic acids is 1. The number of rotatable bonds is 6. The molecule has 1 amide bonds. The zero-order valence-electron chi connectivity index (χ0n) is 12.0. The molecule has 0 saturated carbocycles. The lowest BCUT2D eigenvalue weighted by atomic mass is 10.2. The molecule has 2 rings (SSSR count). The van der Waals surface area contributed by atoms with Crippen molar-refractivity contribution in [3.63, 3.8) is 0 Å². The fourth-order valence-electron chi connectivity index (χ4n) is 1.96. The molecule has 7 heteroatoms. The number of aromatic nitrogens is 2. The van der Waals surface area contributed by atoms with Gasteiger partial charge < -0.3 is 9.88 Å². The maximum Gasteiger partial charge on any atom is 0.270 e. The molecule has 1 heterocycles. The number of amides is 1. The summed E-state index contributed by atoms with van der Waals surface area (Å²) < 4.78 is 1.87. The topological polar surface area (TPSA) is 90.1 Å². The molecule has 0 spiro atoms. The van der Waals surface area contributed by atoms with E-state index in [4.69, 9.17) is 0 Å². The van der Waals surface area contributed by atoms with Crippen LogP contribution in [0, 0.1) is 10.1 Å². The Morgan fingerprint density at radius 2 is 2.36 bits per heavy atom. The second-order valence-electron chi connectivity index (χ2n) is 4.85. The Bertz CT molecular complexity index is 680. The summed E-state index contributed by atoms with van der Waals surface area (Å²) in [7, 11) is 0. The van der Waals surface area contributed by atoms with E-state index in [1.165, 1.54) is 18.2 Å². The van der Waals surface area contributed by atoms with Crippen LogP contribution in [-0.4, -0.2) is 26.4 Å². The highest BCUT2D eigenvalue weighted by Crippen LogP contribution is 2.13. The van der Waals surface area contributed by atoms with Crippen LogP contribution in [0.25, 0.3) is 6.08 Å². The summed E-state index contributed by atoms with van der Waals surface area (Å²) in [5.74, 6) is -0.251. The van der Waals surface area contributed by atoms with E-state index in [9.17, 15) is 14.9 Å². The first-order chi connectivity index (χ1) is 10.5. The van der Waals surface area contributed by atoms with E-state index in [0.717, 1.165) is 0 Å². The van der Waals surface area contributed by atoms with E-state index in [0.29, 0.717) is 12.1 Å². The number of imidazole rings is 1. The first-order valence-corrected chi connectivity index (χ1v) is 6.73. The Morgan fingerprint density at radius 3 is 3.05 bits per heavy atom. The summed E-state index contributed by atoms with van der Waals surface area (Å²) in [4.78, 5) is 26.0. The fraction of sp³-hybridized carbons (Fsp3) is 0.200. The second-order valence-corrected chi connectivity index (χ2v) is 4.85. The minimum absolute atomic E-state index is 0.00367. The van der Waals surface area contributed by atoms with Crippen molar-refractivity contribution in [3.05, 3.63) is 64.7 Å². The number of nitro benzene ring substituents is 1. The van der Waals surface area contributed by atoms with Gasteiger partial charge in [0.05, 0.1) is 11.3 Å². The lowest BCUT2D eigenvalue weighted by Gasteiger charge is -2.12. The minimum Gasteiger partial charge on any atom is -0.348 e. The van der Waals surface area contributed by atoms with Crippen LogP contribution < -0.4 is 5.32 Å². The molecule has 1 aromatic carbocycles. The zero-order chi connectivity index (χ0) is 15.9. The highest BCUT2D eigenvalue weighted by atomic mass is 16.6. The predicted octanol–water partition coefficient (Wildman–Crippen LogP) is 2.01. The van der Waals surface area contributed by atoms with Gasteiger partial charge in [0.15, 0.2) is 0 Å². The van der Waals surface area contributed by atoms with Crippen LogP contribution in [0.1, 0.15) is 12.5 Å².